The lowest BCUT2D eigenvalue weighted by Crippen LogP contribution is -2.05. The van der Waals surface area contributed by atoms with Gasteiger partial charge in [-0.05, 0) is 5.41 Å². The van der Waals surface area contributed by atoms with Gasteiger partial charge in [-0.3, -0.25) is 0 Å². The summed E-state index contributed by atoms with van der Waals surface area (Å²) < 4.78 is 0. The van der Waals surface area contributed by atoms with Crippen molar-refractivity contribution in [2.45, 2.75) is 85.1 Å². The number of hydrogen-bond acceptors (Lipinski definition) is 0. The topological polar surface area (TPSA) is 0 Å². The van der Waals surface area contributed by atoms with E-state index in [1.807, 2.05) is 0 Å². The minimum atomic E-state index is 0. The first-order valence-electron chi connectivity index (χ1n) is 3.12. The first-order chi connectivity index (χ1) is 3.12. The van der Waals surface area contributed by atoms with Crippen LogP contribution in [0.15, 0.2) is 0 Å². The van der Waals surface area contributed by atoms with Gasteiger partial charge < -0.3 is 0 Å². The van der Waals surface area contributed by atoms with Gasteiger partial charge in [-0.2, -0.15) is 0 Å². The van der Waals surface area contributed by atoms with Crippen molar-refractivity contribution >= 4 is 0 Å². The molecule has 0 amide bonds. The Hall–Kier alpha value is 0. The maximum absolute atomic E-state index is 2.30. The fraction of sp³-hybridized carbons (Fsp3) is 1.00. The standard InChI is InChI=1S/C7H16.6CH4/c1-5-7(3,4)6-2;;;;;;/h5-6H2,1-4H3;6*1H4. The molecule has 0 N–H and O–H groups in total. The van der Waals surface area contributed by atoms with Crippen molar-refractivity contribution in [2.24, 2.45) is 5.41 Å². The highest BCUT2D eigenvalue weighted by atomic mass is 14.1. The lowest BCUT2D eigenvalue weighted by atomic mass is 9.88. The largest absolute Gasteiger partial charge is 0.0776 e. The van der Waals surface area contributed by atoms with Crippen LogP contribution in [0.2, 0.25) is 0 Å². The maximum atomic E-state index is 2.30. The summed E-state index contributed by atoms with van der Waals surface area (Å²) in [6.45, 7) is 9.08. The fourth-order valence-corrected chi connectivity index (χ4v) is 0.250. The van der Waals surface area contributed by atoms with Gasteiger partial charge >= 0.3 is 0 Å². The van der Waals surface area contributed by atoms with Gasteiger partial charge in [0, 0.05) is 0 Å². The minimum absolute atomic E-state index is 0. The Morgan fingerprint density at radius 2 is 0.769 bits per heavy atom. The van der Waals surface area contributed by atoms with Gasteiger partial charge in [-0.1, -0.05) is 85.1 Å². The van der Waals surface area contributed by atoms with E-state index in [1.54, 1.807) is 0 Å². The first kappa shape index (κ1) is 52.0. The molecule has 13 heavy (non-hydrogen) atoms. The van der Waals surface area contributed by atoms with Crippen LogP contribution >= 0.6 is 0 Å². The Morgan fingerprint density at radius 1 is 0.615 bits per heavy atom. The molecule has 0 saturated carbocycles. The zero-order valence-electron chi connectivity index (χ0n) is 5.91. The van der Waals surface area contributed by atoms with Crippen LogP contribution in [-0.4, -0.2) is 0 Å². The Morgan fingerprint density at radius 3 is 0.769 bits per heavy atom. The quantitative estimate of drug-likeness (QED) is 0.464. The predicted molar refractivity (Wildman–Crippen MR) is 74.7 cm³/mol. The molecule has 92 valence electrons. The smallest absolute Gasteiger partial charge is 0.0359 e. The van der Waals surface area contributed by atoms with Gasteiger partial charge in [0.2, 0.25) is 0 Å². The Balaban J connectivity index is -0.0000000120. The van der Waals surface area contributed by atoms with Gasteiger partial charge in [0.15, 0.2) is 0 Å². The molecule has 0 unspecified atom stereocenters. The highest BCUT2D eigenvalue weighted by Gasteiger charge is 2.09. The summed E-state index contributed by atoms with van der Waals surface area (Å²) in [4.78, 5) is 0. The highest BCUT2D eigenvalue weighted by molar-refractivity contribution is 4.61. The molecular weight excluding hydrogens is 156 g/mol. The normalized spacial score (nSPS) is 6.46. The van der Waals surface area contributed by atoms with Crippen molar-refractivity contribution in [1.29, 1.82) is 0 Å². The summed E-state index contributed by atoms with van der Waals surface area (Å²) in [5.41, 5.74) is 0.583. The van der Waals surface area contributed by atoms with E-state index in [4.69, 9.17) is 0 Å². The molecule has 0 aromatic carbocycles. The fourth-order valence-electron chi connectivity index (χ4n) is 0.250. The van der Waals surface area contributed by atoms with E-state index in [1.165, 1.54) is 12.8 Å². The molecule has 0 spiro atoms. The molecule has 0 aliphatic heterocycles. The predicted octanol–water partition coefficient (Wildman–Crippen LogP) is 6.65. The summed E-state index contributed by atoms with van der Waals surface area (Å²) >= 11 is 0. The van der Waals surface area contributed by atoms with E-state index < -0.39 is 0 Å². The lowest BCUT2D eigenvalue weighted by molar-refractivity contribution is 0.338. The number of hydrogen-bond donors (Lipinski definition) is 0. The Bertz CT molecular complexity index is 38.0. The molecule has 0 heterocycles. The van der Waals surface area contributed by atoms with E-state index in [0.717, 1.165) is 0 Å². The molecular formula is C13H40. The van der Waals surface area contributed by atoms with Gasteiger partial charge in [0.25, 0.3) is 0 Å². The third-order valence-electron chi connectivity index (χ3n) is 1.91. The molecule has 0 heteroatoms. The van der Waals surface area contributed by atoms with Crippen molar-refractivity contribution < 1.29 is 0 Å². The van der Waals surface area contributed by atoms with Crippen molar-refractivity contribution in [3.63, 3.8) is 0 Å². The third kappa shape index (κ3) is 33.3. The lowest BCUT2D eigenvalue weighted by Gasteiger charge is -2.18. The highest BCUT2D eigenvalue weighted by Crippen LogP contribution is 2.22. The van der Waals surface area contributed by atoms with Gasteiger partial charge in [0.05, 0.1) is 0 Å². The van der Waals surface area contributed by atoms with Crippen LogP contribution in [0.25, 0.3) is 0 Å². The van der Waals surface area contributed by atoms with E-state index in [9.17, 15) is 0 Å². The molecule has 0 bridgehead atoms. The monoisotopic (exact) mass is 196 g/mol. The van der Waals surface area contributed by atoms with Crippen LogP contribution in [0.3, 0.4) is 0 Å². The van der Waals surface area contributed by atoms with Gasteiger partial charge in [0.1, 0.15) is 0 Å². The SMILES string of the molecule is C.C.C.C.C.C.CCC(C)(C)CC. The van der Waals surface area contributed by atoms with Crippen molar-refractivity contribution in [3.8, 4) is 0 Å². The van der Waals surface area contributed by atoms with E-state index in [-0.39, 0.29) is 44.6 Å². The van der Waals surface area contributed by atoms with Gasteiger partial charge in [-0.15, -0.1) is 0 Å². The Labute approximate surface area is 91.2 Å². The van der Waals surface area contributed by atoms with Crippen LogP contribution in [0.4, 0.5) is 0 Å². The van der Waals surface area contributed by atoms with Crippen molar-refractivity contribution in [3.05, 3.63) is 0 Å². The molecule has 0 saturated heterocycles. The van der Waals surface area contributed by atoms with Crippen LogP contribution in [0.1, 0.15) is 85.1 Å². The summed E-state index contributed by atoms with van der Waals surface area (Å²) in [5.74, 6) is 0. The Kier molecular flexibility index (Phi) is 90.8. The second kappa shape index (κ2) is 22.7. The average molecular weight is 196 g/mol. The average Bonchev–Trinajstić information content (AvgIpc) is 1.68. The van der Waals surface area contributed by atoms with Crippen LogP contribution in [0, 0.1) is 5.41 Å². The summed E-state index contributed by atoms with van der Waals surface area (Å²) in [5, 5.41) is 0. The molecule has 0 atom stereocenters. The van der Waals surface area contributed by atoms with Crippen LogP contribution in [0.5, 0.6) is 0 Å². The second-order valence-electron chi connectivity index (χ2n) is 2.87. The maximum Gasteiger partial charge on any atom is -0.0359 e. The van der Waals surface area contributed by atoms with Crippen LogP contribution < -0.4 is 0 Å². The minimum Gasteiger partial charge on any atom is -0.0776 e. The van der Waals surface area contributed by atoms with Crippen molar-refractivity contribution in [1.82, 2.24) is 0 Å². The van der Waals surface area contributed by atoms with Crippen molar-refractivity contribution in [2.75, 3.05) is 0 Å². The zero-order chi connectivity index (χ0) is 5.91. The number of rotatable bonds is 2. The first-order valence-corrected chi connectivity index (χ1v) is 3.12. The van der Waals surface area contributed by atoms with E-state index in [2.05, 4.69) is 27.7 Å². The molecule has 0 fully saturated rings. The molecule has 0 nitrogen and oxygen atoms in total. The van der Waals surface area contributed by atoms with Gasteiger partial charge in [-0.25, -0.2) is 0 Å². The molecule has 0 radical (unpaired) electrons. The summed E-state index contributed by atoms with van der Waals surface area (Å²) in [7, 11) is 0. The molecule has 0 aromatic heterocycles. The molecule has 0 aliphatic carbocycles. The molecule has 0 aliphatic rings. The summed E-state index contributed by atoms with van der Waals surface area (Å²) in [6.07, 6.45) is 2.59. The van der Waals surface area contributed by atoms with E-state index in [0.29, 0.717) is 5.41 Å². The summed E-state index contributed by atoms with van der Waals surface area (Å²) in [6, 6.07) is 0. The van der Waals surface area contributed by atoms with Crippen LogP contribution in [-0.2, 0) is 0 Å². The zero-order valence-corrected chi connectivity index (χ0v) is 5.91. The molecule has 0 aromatic rings. The van der Waals surface area contributed by atoms with E-state index >= 15 is 0 Å². The molecule has 0 rings (SSSR count). The third-order valence-corrected chi connectivity index (χ3v) is 1.91. The second-order valence-corrected chi connectivity index (χ2v) is 2.87.